The van der Waals surface area contributed by atoms with Gasteiger partial charge in [-0.25, -0.2) is 0 Å². The molecule has 0 saturated heterocycles. The lowest BCUT2D eigenvalue weighted by atomic mass is 9.68. The molecule has 2 aliphatic rings. The van der Waals surface area contributed by atoms with E-state index < -0.39 is 0 Å². The molecule has 2 saturated carbocycles. The number of hydrogen-bond acceptors (Lipinski definition) is 2. The monoisotopic (exact) mass is 384 g/mol. The third-order valence-electron chi connectivity index (χ3n) is 7.65. The third-order valence-corrected chi connectivity index (χ3v) is 7.65. The van der Waals surface area contributed by atoms with Crippen molar-refractivity contribution in [2.45, 2.75) is 91.4 Å². The highest BCUT2D eigenvalue weighted by atomic mass is 16.5. The first kappa shape index (κ1) is 21.4. The number of rotatable bonds is 7. The summed E-state index contributed by atoms with van der Waals surface area (Å²) in [5.74, 6) is 4.40. The molecule has 1 atom stereocenters. The number of aryl methyl sites for hydroxylation is 1. The normalized spacial score (nSPS) is 29.2. The lowest BCUT2D eigenvalue weighted by Gasteiger charge is -2.37. The van der Waals surface area contributed by atoms with Crippen molar-refractivity contribution in [2.24, 2.45) is 29.6 Å². The molecule has 0 bridgehead atoms. The summed E-state index contributed by atoms with van der Waals surface area (Å²) in [6.07, 6.45) is 13.9. The summed E-state index contributed by atoms with van der Waals surface area (Å²) in [5.41, 5.74) is 1.28. The highest BCUT2D eigenvalue weighted by Gasteiger charge is 2.33. The summed E-state index contributed by atoms with van der Waals surface area (Å²) in [4.78, 5) is 12.6. The second kappa shape index (κ2) is 10.5. The molecule has 1 aromatic carbocycles. The van der Waals surface area contributed by atoms with Crippen LogP contribution in [0.1, 0.15) is 90.5 Å². The van der Waals surface area contributed by atoms with Gasteiger partial charge in [0.25, 0.3) is 0 Å². The van der Waals surface area contributed by atoms with Gasteiger partial charge in [-0.2, -0.15) is 0 Å². The Labute approximate surface area is 172 Å². The molecule has 3 rings (SSSR count). The molecular weight excluding hydrogens is 344 g/mol. The summed E-state index contributed by atoms with van der Waals surface area (Å²) in [6, 6.07) is 7.97. The first-order valence-electron chi connectivity index (χ1n) is 11.9. The predicted octanol–water partition coefficient (Wildman–Crippen LogP) is 7.20. The zero-order chi connectivity index (χ0) is 19.9. The summed E-state index contributed by atoms with van der Waals surface area (Å²) >= 11 is 0. The molecule has 0 aromatic heterocycles. The van der Waals surface area contributed by atoms with Crippen LogP contribution < -0.4 is 4.74 Å². The van der Waals surface area contributed by atoms with Crippen LogP contribution in [0.2, 0.25) is 0 Å². The van der Waals surface area contributed by atoms with E-state index in [2.05, 4.69) is 32.9 Å². The fraction of sp³-hybridized carbons (Fsp3) is 0.731. The Kier molecular flexibility index (Phi) is 8.00. The molecule has 2 aliphatic carbocycles. The van der Waals surface area contributed by atoms with E-state index in [1.165, 1.54) is 56.9 Å². The van der Waals surface area contributed by atoms with Crippen LogP contribution in [-0.2, 0) is 11.2 Å². The van der Waals surface area contributed by atoms with E-state index in [4.69, 9.17) is 4.74 Å². The number of carbonyl (C=O) groups is 1. The van der Waals surface area contributed by atoms with Crippen molar-refractivity contribution in [1.29, 1.82) is 0 Å². The quantitative estimate of drug-likeness (QED) is 0.367. The molecule has 0 aliphatic heterocycles. The van der Waals surface area contributed by atoms with Crippen LogP contribution in [0.15, 0.2) is 24.3 Å². The highest BCUT2D eigenvalue weighted by Crippen LogP contribution is 2.43. The largest absolute Gasteiger partial charge is 0.426 e. The van der Waals surface area contributed by atoms with Crippen molar-refractivity contribution in [3.8, 4) is 5.75 Å². The fourth-order valence-electron chi connectivity index (χ4n) is 5.45. The average Bonchev–Trinajstić information content (AvgIpc) is 2.75. The van der Waals surface area contributed by atoms with Crippen molar-refractivity contribution in [3.05, 3.63) is 29.8 Å². The molecule has 156 valence electrons. The molecule has 2 nitrogen and oxygen atoms in total. The second-order valence-corrected chi connectivity index (χ2v) is 9.56. The van der Waals surface area contributed by atoms with E-state index in [1.54, 1.807) is 0 Å². The van der Waals surface area contributed by atoms with E-state index in [1.807, 2.05) is 12.1 Å². The Morgan fingerprint density at radius 1 is 0.929 bits per heavy atom. The van der Waals surface area contributed by atoms with Gasteiger partial charge in [-0.15, -0.1) is 0 Å². The van der Waals surface area contributed by atoms with Crippen LogP contribution in [0, 0.1) is 29.6 Å². The van der Waals surface area contributed by atoms with Crippen molar-refractivity contribution in [2.75, 3.05) is 0 Å². The molecule has 0 spiro atoms. The molecule has 1 aromatic rings. The maximum atomic E-state index is 12.6. The third kappa shape index (κ3) is 5.84. The minimum absolute atomic E-state index is 0.0139. The number of esters is 1. The lowest BCUT2D eigenvalue weighted by Crippen LogP contribution is -2.30. The zero-order valence-electron chi connectivity index (χ0n) is 18.3. The minimum atomic E-state index is -0.0139. The molecule has 2 fully saturated rings. The predicted molar refractivity (Wildman–Crippen MR) is 116 cm³/mol. The van der Waals surface area contributed by atoms with E-state index in [9.17, 15) is 4.79 Å². The number of ether oxygens (including phenoxy) is 1. The molecule has 0 amide bonds. The van der Waals surface area contributed by atoms with Gasteiger partial charge in [-0.05, 0) is 92.7 Å². The van der Waals surface area contributed by atoms with Gasteiger partial charge in [0.05, 0.1) is 5.92 Å². The second-order valence-electron chi connectivity index (χ2n) is 9.56. The SMILES string of the molecule is CCc1ccc(OC(=O)C2CCC(C3CCC(CC(C)CC)CC3)CC2)cc1. The van der Waals surface area contributed by atoms with Gasteiger partial charge < -0.3 is 4.74 Å². The van der Waals surface area contributed by atoms with Gasteiger partial charge >= 0.3 is 5.97 Å². The molecule has 28 heavy (non-hydrogen) atoms. The molecule has 0 N–H and O–H groups in total. The van der Waals surface area contributed by atoms with Crippen molar-refractivity contribution in [3.63, 3.8) is 0 Å². The summed E-state index contributed by atoms with van der Waals surface area (Å²) in [7, 11) is 0. The van der Waals surface area contributed by atoms with Crippen LogP contribution >= 0.6 is 0 Å². The van der Waals surface area contributed by atoms with Crippen molar-refractivity contribution < 1.29 is 9.53 Å². The van der Waals surface area contributed by atoms with Gasteiger partial charge in [0, 0.05) is 0 Å². The van der Waals surface area contributed by atoms with Crippen molar-refractivity contribution >= 4 is 5.97 Å². The van der Waals surface area contributed by atoms with Crippen LogP contribution in [0.4, 0.5) is 0 Å². The summed E-state index contributed by atoms with van der Waals surface area (Å²) < 4.78 is 5.66. The first-order valence-corrected chi connectivity index (χ1v) is 11.9. The van der Waals surface area contributed by atoms with Gasteiger partial charge in [0.2, 0.25) is 0 Å². The summed E-state index contributed by atoms with van der Waals surface area (Å²) in [5, 5.41) is 0. The van der Waals surface area contributed by atoms with Crippen molar-refractivity contribution in [1.82, 2.24) is 0 Å². The molecule has 0 radical (unpaired) electrons. The Bertz CT molecular complexity index is 589. The zero-order valence-corrected chi connectivity index (χ0v) is 18.3. The van der Waals surface area contributed by atoms with E-state index >= 15 is 0 Å². The fourth-order valence-corrected chi connectivity index (χ4v) is 5.45. The maximum Gasteiger partial charge on any atom is 0.314 e. The first-order chi connectivity index (χ1) is 13.6. The topological polar surface area (TPSA) is 26.3 Å². The summed E-state index contributed by atoms with van der Waals surface area (Å²) in [6.45, 7) is 6.86. The molecule has 0 heterocycles. The number of benzene rings is 1. The Balaban J connectivity index is 1.40. The van der Waals surface area contributed by atoms with E-state index in [0.717, 1.165) is 42.9 Å². The Morgan fingerprint density at radius 2 is 1.50 bits per heavy atom. The van der Waals surface area contributed by atoms with Gasteiger partial charge in [0.15, 0.2) is 0 Å². The smallest absolute Gasteiger partial charge is 0.314 e. The Morgan fingerprint density at radius 3 is 2.04 bits per heavy atom. The average molecular weight is 385 g/mol. The van der Waals surface area contributed by atoms with Gasteiger partial charge in [0.1, 0.15) is 5.75 Å². The van der Waals surface area contributed by atoms with Gasteiger partial charge in [-0.1, -0.05) is 52.2 Å². The number of hydrogen-bond donors (Lipinski definition) is 0. The van der Waals surface area contributed by atoms with Crippen LogP contribution in [0.5, 0.6) is 5.75 Å². The van der Waals surface area contributed by atoms with Crippen LogP contribution in [-0.4, -0.2) is 5.97 Å². The lowest BCUT2D eigenvalue weighted by molar-refractivity contribution is -0.140. The molecule has 1 unspecified atom stereocenters. The minimum Gasteiger partial charge on any atom is -0.426 e. The molecular formula is C26H40O2. The van der Waals surface area contributed by atoms with Gasteiger partial charge in [-0.3, -0.25) is 4.79 Å². The van der Waals surface area contributed by atoms with E-state index in [-0.39, 0.29) is 11.9 Å². The highest BCUT2D eigenvalue weighted by molar-refractivity contribution is 5.75. The van der Waals surface area contributed by atoms with Crippen LogP contribution in [0.3, 0.4) is 0 Å². The maximum absolute atomic E-state index is 12.6. The van der Waals surface area contributed by atoms with Crippen LogP contribution in [0.25, 0.3) is 0 Å². The number of carbonyl (C=O) groups excluding carboxylic acids is 1. The Hall–Kier alpha value is -1.31. The molecule has 2 heteroatoms. The van der Waals surface area contributed by atoms with E-state index in [0.29, 0.717) is 5.75 Å². The standard InChI is InChI=1S/C26H40O2/c1-4-19(3)18-21-6-10-22(11-7-21)23-12-14-24(15-13-23)26(27)28-25-16-8-20(5-2)9-17-25/h8-9,16-17,19,21-24H,4-7,10-15,18H2,1-3H3.